The largest absolute Gasteiger partial charge is 0.481 e. The van der Waals surface area contributed by atoms with Crippen LogP contribution in [-0.2, 0) is 19.3 Å². The average molecular weight is 660 g/mol. The van der Waals surface area contributed by atoms with E-state index < -0.39 is 5.97 Å². The molecule has 9 heteroatoms. The molecule has 0 unspecified atom stereocenters. The highest BCUT2D eigenvalue weighted by molar-refractivity contribution is 5.76. The number of aliphatic carboxylic acids is 1. The highest BCUT2D eigenvalue weighted by atomic mass is 17.1. The Morgan fingerprint density at radius 1 is 0.532 bits per heavy atom. The Morgan fingerprint density at radius 3 is 1.15 bits per heavy atom. The fraction of sp³-hybridized carbons (Fsp3) is 0.553. The molecule has 3 N–H and O–H groups in total. The van der Waals surface area contributed by atoms with E-state index in [4.69, 9.17) is 10.4 Å². The topological polar surface area (TPSA) is 119 Å². The summed E-state index contributed by atoms with van der Waals surface area (Å²) in [7, 11) is 0. The van der Waals surface area contributed by atoms with Gasteiger partial charge in [0.05, 0.1) is 0 Å². The molecule has 0 radical (unpaired) electrons. The van der Waals surface area contributed by atoms with Crippen LogP contribution in [0.5, 0.6) is 0 Å². The third-order valence-electron chi connectivity index (χ3n) is 6.69. The third-order valence-corrected chi connectivity index (χ3v) is 6.69. The minimum atomic E-state index is -0.730. The summed E-state index contributed by atoms with van der Waals surface area (Å²) in [4.78, 5) is 41.8. The summed E-state index contributed by atoms with van der Waals surface area (Å²) in [5.74, 6) is -0.0116. The highest BCUT2D eigenvalue weighted by Crippen LogP contribution is 2.12. The molecule has 0 aromatic carbocycles. The lowest BCUT2D eigenvalue weighted by atomic mass is 10.1. The van der Waals surface area contributed by atoms with Gasteiger partial charge in [-0.1, -0.05) is 88.0 Å². The second kappa shape index (κ2) is 38.5. The summed E-state index contributed by atoms with van der Waals surface area (Å²) in [6, 6.07) is 0. The molecule has 0 aromatic heterocycles. The lowest BCUT2D eigenvalue weighted by molar-refractivity contribution is -0.205. The summed E-state index contributed by atoms with van der Waals surface area (Å²) in [5.41, 5.74) is 0. The molecule has 0 aliphatic rings. The summed E-state index contributed by atoms with van der Waals surface area (Å²) in [6.07, 6.45) is 23.5. The van der Waals surface area contributed by atoms with Crippen LogP contribution in [0.3, 0.4) is 0 Å². The second-order valence-electron chi connectivity index (χ2n) is 10.9. The number of hydrogen-bond acceptors (Lipinski definition) is 6. The molecule has 0 saturated carbocycles. The van der Waals surface area contributed by atoms with Gasteiger partial charge in [0.2, 0.25) is 11.8 Å². The van der Waals surface area contributed by atoms with Gasteiger partial charge in [0.1, 0.15) is 5.76 Å². The molecule has 0 spiro atoms. The van der Waals surface area contributed by atoms with Gasteiger partial charge in [-0.15, -0.1) is 39.5 Å². The molecule has 0 fully saturated rings. The zero-order valence-electron chi connectivity index (χ0n) is 29.2. The number of carboxylic acids is 1. The van der Waals surface area contributed by atoms with Crippen LogP contribution >= 0.6 is 0 Å². The van der Waals surface area contributed by atoms with E-state index in [1.165, 1.54) is 0 Å². The van der Waals surface area contributed by atoms with Crippen LogP contribution in [0.1, 0.15) is 96.3 Å². The van der Waals surface area contributed by atoms with E-state index in [0.29, 0.717) is 51.2 Å². The van der Waals surface area contributed by atoms with E-state index >= 15 is 0 Å². The van der Waals surface area contributed by atoms with Gasteiger partial charge >= 0.3 is 5.97 Å². The van der Waals surface area contributed by atoms with Gasteiger partial charge in [0, 0.05) is 65.0 Å². The van der Waals surface area contributed by atoms with E-state index in [0.717, 1.165) is 83.7 Å². The zero-order chi connectivity index (χ0) is 36.0. The van der Waals surface area contributed by atoms with Crippen LogP contribution in [0.4, 0.5) is 0 Å². The fourth-order valence-corrected chi connectivity index (χ4v) is 4.22. The SMILES string of the molecule is C=C(CCCCCCCC(=O)O)OO.C=CCN(CC=C)C(=O)CCCCCCCCC(=O)N(CC=C)CC=C.C=CCNCC=C. The Morgan fingerprint density at radius 2 is 0.851 bits per heavy atom. The molecular formula is C38H65N3O6. The van der Waals surface area contributed by atoms with Crippen LogP contribution in [0.25, 0.3) is 0 Å². The van der Waals surface area contributed by atoms with Crippen molar-refractivity contribution in [3.05, 3.63) is 88.3 Å². The normalized spacial score (nSPS) is 9.64. The van der Waals surface area contributed by atoms with E-state index in [2.05, 4.69) is 56.3 Å². The molecule has 0 atom stereocenters. The van der Waals surface area contributed by atoms with Crippen LogP contribution in [0.15, 0.2) is 88.3 Å². The number of carbonyl (C=O) groups excluding carboxylic acids is 2. The summed E-state index contributed by atoms with van der Waals surface area (Å²) in [5, 5.41) is 19.6. The smallest absolute Gasteiger partial charge is 0.303 e. The third kappa shape index (κ3) is 36.7. The van der Waals surface area contributed by atoms with Gasteiger partial charge in [-0.2, -0.15) is 0 Å². The maximum Gasteiger partial charge on any atom is 0.303 e. The minimum absolute atomic E-state index is 0.167. The molecule has 9 nitrogen and oxygen atoms in total. The molecule has 0 saturated heterocycles. The average Bonchev–Trinajstić information content (AvgIpc) is 3.05. The molecule has 47 heavy (non-hydrogen) atoms. The maximum atomic E-state index is 12.1. The van der Waals surface area contributed by atoms with Crippen molar-refractivity contribution in [3.63, 3.8) is 0 Å². The number of carboxylic acid groups (broad SMARTS) is 1. The first kappa shape index (κ1) is 47.7. The predicted octanol–water partition coefficient (Wildman–Crippen LogP) is 8.26. The summed E-state index contributed by atoms with van der Waals surface area (Å²) < 4.78 is 0. The van der Waals surface area contributed by atoms with Crippen molar-refractivity contribution < 1.29 is 29.6 Å². The van der Waals surface area contributed by atoms with E-state index in [-0.39, 0.29) is 18.2 Å². The van der Waals surface area contributed by atoms with Crippen molar-refractivity contribution >= 4 is 17.8 Å². The fourth-order valence-electron chi connectivity index (χ4n) is 4.22. The Hall–Kier alpha value is -3.69. The Labute approximate surface area is 286 Å². The van der Waals surface area contributed by atoms with Crippen molar-refractivity contribution in [1.82, 2.24) is 15.1 Å². The van der Waals surface area contributed by atoms with Crippen LogP contribution in [0, 0.1) is 0 Å². The predicted molar refractivity (Wildman–Crippen MR) is 197 cm³/mol. The lowest BCUT2D eigenvalue weighted by Crippen LogP contribution is -2.31. The van der Waals surface area contributed by atoms with Gasteiger partial charge < -0.3 is 25.1 Å². The Kier molecular flexibility index (Phi) is 39.1. The summed E-state index contributed by atoms with van der Waals surface area (Å²) in [6.45, 7) is 29.3. The van der Waals surface area contributed by atoms with Crippen LogP contribution in [0.2, 0.25) is 0 Å². The monoisotopic (exact) mass is 659 g/mol. The van der Waals surface area contributed by atoms with E-state index in [1.807, 2.05) is 12.2 Å². The molecule has 0 aromatic rings. The number of amides is 2. The number of nitrogens with one attached hydrogen (secondary N) is 1. The first-order valence-electron chi connectivity index (χ1n) is 16.8. The zero-order valence-corrected chi connectivity index (χ0v) is 29.2. The van der Waals surface area contributed by atoms with Crippen molar-refractivity contribution in [2.45, 2.75) is 96.3 Å². The van der Waals surface area contributed by atoms with Crippen molar-refractivity contribution in [1.29, 1.82) is 0 Å². The molecule has 2 amide bonds. The van der Waals surface area contributed by atoms with Gasteiger partial charge in [0.15, 0.2) is 0 Å². The van der Waals surface area contributed by atoms with Crippen molar-refractivity contribution in [2.24, 2.45) is 0 Å². The van der Waals surface area contributed by atoms with Crippen LogP contribution in [-0.4, -0.2) is 77.2 Å². The number of nitrogens with zero attached hydrogens (tertiary/aromatic N) is 2. The Bertz CT molecular complexity index is 817. The molecule has 268 valence electrons. The van der Waals surface area contributed by atoms with Gasteiger partial charge in [-0.3, -0.25) is 14.4 Å². The van der Waals surface area contributed by atoms with E-state index in [9.17, 15) is 14.4 Å². The van der Waals surface area contributed by atoms with Gasteiger partial charge in [-0.05, 0) is 25.7 Å². The van der Waals surface area contributed by atoms with Crippen molar-refractivity contribution in [2.75, 3.05) is 39.3 Å². The van der Waals surface area contributed by atoms with Gasteiger partial charge in [-0.25, -0.2) is 5.26 Å². The summed E-state index contributed by atoms with van der Waals surface area (Å²) >= 11 is 0. The van der Waals surface area contributed by atoms with Gasteiger partial charge in [0.25, 0.3) is 0 Å². The molecular weight excluding hydrogens is 594 g/mol. The van der Waals surface area contributed by atoms with E-state index in [1.54, 1.807) is 34.1 Å². The number of unbranched alkanes of at least 4 members (excludes halogenated alkanes) is 9. The first-order chi connectivity index (χ1) is 22.7. The number of allylic oxidation sites excluding steroid dienone is 1. The molecule has 0 bridgehead atoms. The van der Waals surface area contributed by atoms with Crippen molar-refractivity contribution in [3.8, 4) is 0 Å². The highest BCUT2D eigenvalue weighted by Gasteiger charge is 2.11. The number of hydrogen-bond donors (Lipinski definition) is 3. The quantitative estimate of drug-likeness (QED) is 0.0234. The second-order valence-corrected chi connectivity index (χ2v) is 10.9. The Balaban J connectivity index is -0.000000763. The van der Waals surface area contributed by atoms with Crippen LogP contribution < -0.4 is 5.32 Å². The first-order valence-corrected chi connectivity index (χ1v) is 16.8. The number of carbonyl (C=O) groups is 3. The lowest BCUT2D eigenvalue weighted by Gasteiger charge is -2.19. The maximum absolute atomic E-state index is 12.1. The molecule has 0 rings (SSSR count). The standard InChI is InChI=1S/C22H36N2O2.C10H18O4.C6H11N/c1-5-17-23(18-6-2)21(25)15-13-11-9-10-12-14-16-22(26)24(19-7-3)20-8-4;1-9(14-13)7-5-3-2-4-6-8-10(11)12;1-3-5-7-6-4-2/h5-8H,1-4,9-20H2;13H,1-8H2,(H,11,12);3-4,7H,1-2,5-6H2. The molecule has 0 aliphatic heterocycles. The molecule has 0 heterocycles. The minimum Gasteiger partial charge on any atom is -0.481 e. The number of rotatable bonds is 30. The molecule has 0 aliphatic carbocycles.